The molecule has 3 aromatic rings. The van der Waals surface area contributed by atoms with Crippen molar-refractivity contribution in [2.24, 2.45) is 0 Å². The zero-order chi connectivity index (χ0) is 19.9. The molecule has 4 nitrogen and oxygen atoms in total. The van der Waals surface area contributed by atoms with Gasteiger partial charge in [0.2, 0.25) is 0 Å². The fourth-order valence-electron chi connectivity index (χ4n) is 3.57. The maximum atomic E-state index is 13.3. The monoisotopic (exact) mass is 411 g/mol. The fourth-order valence-corrected chi connectivity index (χ4v) is 4.40. The predicted molar refractivity (Wildman–Crippen MR) is 111 cm³/mol. The zero-order valence-electron chi connectivity index (χ0n) is 15.2. The molecule has 2 aromatic carbocycles. The van der Waals surface area contributed by atoms with E-state index < -0.39 is 11.5 Å². The molecule has 1 amide bonds. The van der Waals surface area contributed by atoms with Crippen LogP contribution >= 0.6 is 22.9 Å². The number of nitrogens with zero attached hydrogens (tertiary/aromatic N) is 1. The minimum atomic E-state index is -1.93. The number of hydrogen-bond acceptors (Lipinski definition) is 4. The number of Topliss-reactive ketones (excluding diaryl/α,β-unsaturated/α-hetero) is 1. The lowest BCUT2D eigenvalue weighted by Crippen LogP contribution is -2.41. The van der Waals surface area contributed by atoms with Gasteiger partial charge in [-0.1, -0.05) is 41.9 Å². The van der Waals surface area contributed by atoms with Gasteiger partial charge in [0, 0.05) is 10.6 Å². The maximum absolute atomic E-state index is 13.3. The summed E-state index contributed by atoms with van der Waals surface area (Å²) in [7, 11) is 0. The summed E-state index contributed by atoms with van der Waals surface area (Å²) in [5.74, 6) is -0.771. The number of carbonyl (C=O) groups is 2. The first kappa shape index (κ1) is 18.9. The van der Waals surface area contributed by atoms with Gasteiger partial charge in [0.05, 0.1) is 23.5 Å². The largest absolute Gasteiger partial charge is 0.375 e. The Morgan fingerprint density at radius 3 is 2.68 bits per heavy atom. The summed E-state index contributed by atoms with van der Waals surface area (Å²) in [4.78, 5) is 28.0. The van der Waals surface area contributed by atoms with Crippen molar-refractivity contribution in [2.45, 2.75) is 25.5 Å². The molecule has 0 bridgehead atoms. The molecule has 1 atom stereocenters. The Kier molecular flexibility index (Phi) is 4.83. The molecule has 0 radical (unpaired) electrons. The summed E-state index contributed by atoms with van der Waals surface area (Å²) < 4.78 is 0. The van der Waals surface area contributed by atoms with Crippen LogP contribution in [0.25, 0.3) is 0 Å². The van der Waals surface area contributed by atoms with Crippen molar-refractivity contribution in [2.75, 3.05) is 4.90 Å². The first-order valence-corrected chi connectivity index (χ1v) is 10.1. The number of aliphatic hydroxyl groups is 1. The molecule has 0 aliphatic carbocycles. The Hall–Kier alpha value is -2.47. The van der Waals surface area contributed by atoms with Gasteiger partial charge in [-0.2, -0.15) is 0 Å². The molecule has 28 heavy (non-hydrogen) atoms. The molecule has 4 rings (SSSR count). The smallest absolute Gasteiger partial charge is 0.264 e. The lowest BCUT2D eigenvalue weighted by atomic mass is 9.89. The molecule has 1 aliphatic heterocycles. The maximum Gasteiger partial charge on any atom is 0.264 e. The van der Waals surface area contributed by atoms with Crippen LogP contribution in [0.3, 0.4) is 0 Å². The first-order chi connectivity index (χ1) is 13.4. The van der Waals surface area contributed by atoms with Crippen molar-refractivity contribution in [3.05, 3.63) is 86.6 Å². The molecule has 2 heterocycles. The topological polar surface area (TPSA) is 57.6 Å². The average molecular weight is 412 g/mol. The molecule has 1 aromatic heterocycles. The molecule has 142 valence electrons. The van der Waals surface area contributed by atoms with Gasteiger partial charge < -0.3 is 10.0 Å². The normalized spacial score (nSPS) is 18.4. The number of amides is 1. The van der Waals surface area contributed by atoms with E-state index in [-0.39, 0.29) is 12.2 Å². The number of anilines is 1. The number of hydrogen-bond donors (Lipinski definition) is 1. The van der Waals surface area contributed by atoms with E-state index in [4.69, 9.17) is 11.6 Å². The van der Waals surface area contributed by atoms with E-state index in [0.29, 0.717) is 27.7 Å². The average Bonchev–Trinajstić information content (AvgIpc) is 3.27. The van der Waals surface area contributed by atoms with Gasteiger partial charge >= 0.3 is 0 Å². The van der Waals surface area contributed by atoms with Crippen molar-refractivity contribution in [1.82, 2.24) is 0 Å². The van der Waals surface area contributed by atoms with E-state index in [1.54, 1.807) is 35.7 Å². The van der Waals surface area contributed by atoms with Crippen LogP contribution in [-0.2, 0) is 16.9 Å². The molecular weight excluding hydrogens is 394 g/mol. The van der Waals surface area contributed by atoms with Crippen molar-refractivity contribution in [3.63, 3.8) is 0 Å². The third kappa shape index (κ3) is 3.15. The van der Waals surface area contributed by atoms with Crippen LogP contribution in [0.5, 0.6) is 0 Å². The highest BCUT2D eigenvalue weighted by molar-refractivity contribution is 7.12. The highest BCUT2D eigenvalue weighted by atomic mass is 35.5. The van der Waals surface area contributed by atoms with Gasteiger partial charge in [0.25, 0.3) is 5.91 Å². The third-order valence-electron chi connectivity index (χ3n) is 5.10. The molecular formula is C22H18ClNO3S. The van der Waals surface area contributed by atoms with Gasteiger partial charge in [-0.15, -0.1) is 11.3 Å². The van der Waals surface area contributed by atoms with Crippen LogP contribution in [0.4, 0.5) is 5.69 Å². The molecule has 0 saturated carbocycles. The number of aryl methyl sites for hydroxylation is 1. The number of thiophene rings is 1. The van der Waals surface area contributed by atoms with Crippen molar-refractivity contribution in [3.8, 4) is 0 Å². The Morgan fingerprint density at radius 1 is 1.18 bits per heavy atom. The Morgan fingerprint density at radius 2 is 1.96 bits per heavy atom. The van der Waals surface area contributed by atoms with E-state index in [1.165, 1.54) is 16.2 Å². The molecule has 0 fully saturated rings. The standard InChI is InChI=1S/C22H18ClNO3S/c1-14-5-2-3-6-15(14)13-24-18-9-8-16(23)11-17(18)22(27,21(24)26)12-19(25)20-7-4-10-28-20/h2-11,27H,12-13H2,1H3. The quantitative estimate of drug-likeness (QED) is 0.618. The van der Waals surface area contributed by atoms with Crippen LogP contribution in [-0.4, -0.2) is 16.8 Å². The van der Waals surface area contributed by atoms with E-state index >= 15 is 0 Å². The number of halogens is 1. The minimum Gasteiger partial charge on any atom is -0.375 e. The number of fused-ring (bicyclic) bond motifs is 1. The lowest BCUT2D eigenvalue weighted by Gasteiger charge is -2.23. The minimum absolute atomic E-state index is 0.269. The molecule has 0 saturated heterocycles. The predicted octanol–water partition coefficient (Wildman–Crippen LogP) is 4.72. The summed E-state index contributed by atoms with van der Waals surface area (Å²) in [5, 5.41) is 13.6. The van der Waals surface area contributed by atoms with Crippen LogP contribution in [0.2, 0.25) is 5.02 Å². The van der Waals surface area contributed by atoms with Gasteiger partial charge in [0.1, 0.15) is 0 Å². The third-order valence-corrected chi connectivity index (χ3v) is 6.24. The zero-order valence-corrected chi connectivity index (χ0v) is 16.8. The van der Waals surface area contributed by atoms with Gasteiger partial charge in [-0.05, 0) is 47.7 Å². The van der Waals surface area contributed by atoms with Crippen LogP contribution in [0.1, 0.15) is 32.8 Å². The van der Waals surface area contributed by atoms with Gasteiger partial charge in [0.15, 0.2) is 11.4 Å². The Bertz CT molecular complexity index is 1060. The van der Waals surface area contributed by atoms with Crippen LogP contribution in [0, 0.1) is 6.92 Å². The van der Waals surface area contributed by atoms with Gasteiger partial charge in [-0.25, -0.2) is 0 Å². The second kappa shape index (κ2) is 7.17. The summed E-state index contributed by atoms with van der Waals surface area (Å²) in [6.07, 6.45) is -0.316. The highest BCUT2D eigenvalue weighted by Gasteiger charge is 2.51. The molecule has 0 spiro atoms. The second-order valence-electron chi connectivity index (χ2n) is 6.92. The summed E-state index contributed by atoms with van der Waals surface area (Å²) in [6, 6.07) is 16.2. The van der Waals surface area contributed by atoms with Crippen LogP contribution < -0.4 is 4.90 Å². The SMILES string of the molecule is Cc1ccccc1CN1C(=O)C(O)(CC(=O)c2cccs2)c2cc(Cl)ccc21. The molecule has 6 heteroatoms. The van der Waals surface area contributed by atoms with E-state index in [2.05, 4.69) is 0 Å². The first-order valence-electron chi connectivity index (χ1n) is 8.86. The Balaban J connectivity index is 1.74. The van der Waals surface area contributed by atoms with E-state index in [0.717, 1.165) is 11.1 Å². The number of benzene rings is 2. The number of ketones is 1. The summed E-state index contributed by atoms with van der Waals surface area (Å²) in [6.45, 7) is 2.29. The van der Waals surface area contributed by atoms with E-state index in [9.17, 15) is 14.7 Å². The van der Waals surface area contributed by atoms with Gasteiger partial charge in [-0.3, -0.25) is 9.59 Å². The van der Waals surface area contributed by atoms with Crippen molar-refractivity contribution in [1.29, 1.82) is 0 Å². The fraction of sp³-hybridized carbons (Fsp3) is 0.182. The lowest BCUT2D eigenvalue weighted by molar-refractivity contribution is -0.136. The number of carbonyl (C=O) groups excluding carboxylic acids is 2. The van der Waals surface area contributed by atoms with E-state index in [1.807, 2.05) is 31.2 Å². The summed E-state index contributed by atoms with van der Waals surface area (Å²) >= 11 is 7.44. The molecule has 1 N–H and O–H groups in total. The van der Waals surface area contributed by atoms with Crippen molar-refractivity contribution < 1.29 is 14.7 Å². The number of rotatable bonds is 5. The summed E-state index contributed by atoms with van der Waals surface area (Å²) in [5.41, 5.74) is 1.06. The Labute approximate surface area is 172 Å². The molecule has 1 aliphatic rings. The highest BCUT2D eigenvalue weighted by Crippen LogP contribution is 2.45. The second-order valence-corrected chi connectivity index (χ2v) is 8.30. The van der Waals surface area contributed by atoms with Crippen LogP contribution in [0.15, 0.2) is 60.0 Å². The van der Waals surface area contributed by atoms with Crippen molar-refractivity contribution >= 4 is 40.3 Å². The molecule has 1 unspecified atom stereocenters.